The molecule has 0 saturated carbocycles. The van der Waals surface area contributed by atoms with Gasteiger partial charge in [-0.1, -0.05) is 18.2 Å². The minimum atomic E-state index is -0.112. The van der Waals surface area contributed by atoms with Crippen LogP contribution in [0.3, 0.4) is 0 Å². The van der Waals surface area contributed by atoms with Crippen molar-refractivity contribution in [2.75, 3.05) is 25.0 Å². The van der Waals surface area contributed by atoms with Gasteiger partial charge in [0, 0.05) is 18.8 Å². The van der Waals surface area contributed by atoms with Crippen molar-refractivity contribution in [2.45, 2.75) is 25.3 Å². The van der Waals surface area contributed by atoms with Gasteiger partial charge in [0.1, 0.15) is 0 Å². The molecule has 7 nitrogen and oxygen atoms in total. The van der Waals surface area contributed by atoms with Gasteiger partial charge in [0.2, 0.25) is 11.8 Å². The van der Waals surface area contributed by atoms with Gasteiger partial charge in [-0.25, -0.2) is 5.43 Å². The van der Waals surface area contributed by atoms with Gasteiger partial charge >= 0.3 is 0 Å². The van der Waals surface area contributed by atoms with E-state index in [1.54, 1.807) is 0 Å². The molecular formula is C17H25Cl2N5O2. The number of carbonyl (C=O) groups excluding carboxylic acids is 2. The Morgan fingerprint density at radius 2 is 1.96 bits per heavy atom. The maximum atomic E-state index is 12.1. The molecule has 0 radical (unpaired) electrons. The zero-order chi connectivity index (χ0) is 16.8. The van der Waals surface area contributed by atoms with Crippen LogP contribution < -0.4 is 21.4 Å². The second kappa shape index (κ2) is 11.0. The van der Waals surface area contributed by atoms with E-state index in [1.165, 1.54) is 0 Å². The van der Waals surface area contributed by atoms with Gasteiger partial charge in [-0.2, -0.15) is 5.10 Å². The largest absolute Gasteiger partial charge is 0.383 e. The van der Waals surface area contributed by atoms with E-state index < -0.39 is 0 Å². The predicted octanol–water partition coefficient (Wildman–Crippen LogP) is 1.30. The van der Waals surface area contributed by atoms with Crippen molar-refractivity contribution in [1.82, 2.24) is 16.1 Å². The molecule has 2 heterocycles. The first kappa shape index (κ1) is 22.2. The summed E-state index contributed by atoms with van der Waals surface area (Å²) in [4.78, 5) is 24.0. The third-order valence-electron chi connectivity index (χ3n) is 4.36. The molecule has 3 rings (SSSR count). The first-order valence-corrected chi connectivity index (χ1v) is 8.39. The van der Waals surface area contributed by atoms with Gasteiger partial charge in [-0.15, -0.1) is 24.8 Å². The molecule has 26 heavy (non-hydrogen) atoms. The molecule has 1 saturated heterocycles. The van der Waals surface area contributed by atoms with Crippen LogP contribution in [0.15, 0.2) is 35.4 Å². The minimum Gasteiger partial charge on any atom is -0.383 e. The molecule has 2 aliphatic heterocycles. The van der Waals surface area contributed by atoms with E-state index in [2.05, 4.69) is 26.5 Å². The smallest absolute Gasteiger partial charge is 0.245 e. The van der Waals surface area contributed by atoms with Gasteiger partial charge in [0.15, 0.2) is 0 Å². The second-order valence-electron chi connectivity index (χ2n) is 6.08. The molecule has 1 aromatic rings. The van der Waals surface area contributed by atoms with Crippen LogP contribution in [0.2, 0.25) is 0 Å². The fraction of sp³-hybridized carbons (Fsp3) is 0.471. The Kier molecular flexibility index (Phi) is 9.40. The SMILES string of the molecule is Cl.Cl.O=C(CC1=NNC(=O)C2CCCNC12)NCCNc1ccccc1. The van der Waals surface area contributed by atoms with Gasteiger partial charge in [0.05, 0.1) is 24.1 Å². The van der Waals surface area contributed by atoms with Crippen LogP contribution in [-0.4, -0.2) is 43.2 Å². The molecule has 1 aromatic carbocycles. The van der Waals surface area contributed by atoms with Gasteiger partial charge < -0.3 is 16.0 Å². The van der Waals surface area contributed by atoms with E-state index in [-0.39, 0.29) is 55.0 Å². The number of hydrazone groups is 1. The highest BCUT2D eigenvalue weighted by Crippen LogP contribution is 2.21. The summed E-state index contributed by atoms with van der Waals surface area (Å²) >= 11 is 0. The van der Waals surface area contributed by atoms with Crippen LogP contribution in [0.4, 0.5) is 5.69 Å². The summed E-state index contributed by atoms with van der Waals surface area (Å²) in [5.74, 6) is -0.242. The lowest BCUT2D eigenvalue weighted by molar-refractivity contribution is -0.127. The summed E-state index contributed by atoms with van der Waals surface area (Å²) in [6.07, 6.45) is 2.02. The van der Waals surface area contributed by atoms with Crippen molar-refractivity contribution >= 4 is 48.0 Å². The summed E-state index contributed by atoms with van der Waals surface area (Å²) in [6.45, 7) is 2.05. The Morgan fingerprint density at radius 1 is 1.19 bits per heavy atom. The zero-order valence-electron chi connectivity index (χ0n) is 14.4. The van der Waals surface area contributed by atoms with E-state index in [9.17, 15) is 9.59 Å². The average molecular weight is 402 g/mol. The van der Waals surface area contributed by atoms with Crippen LogP contribution in [0, 0.1) is 5.92 Å². The van der Waals surface area contributed by atoms with Crippen molar-refractivity contribution in [1.29, 1.82) is 0 Å². The van der Waals surface area contributed by atoms with E-state index in [0.717, 1.165) is 25.1 Å². The fourth-order valence-electron chi connectivity index (χ4n) is 3.14. The first-order chi connectivity index (χ1) is 11.7. The summed E-state index contributed by atoms with van der Waals surface area (Å²) in [5, 5.41) is 13.5. The number of para-hydroxylation sites is 1. The molecule has 2 amide bonds. The number of carbonyl (C=O) groups is 2. The molecule has 0 bridgehead atoms. The summed E-state index contributed by atoms with van der Waals surface area (Å²) in [7, 11) is 0. The van der Waals surface area contributed by atoms with Gasteiger partial charge in [-0.3, -0.25) is 9.59 Å². The summed E-state index contributed by atoms with van der Waals surface area (Å²) in [5.41, 5.74) is 4.29. The van der Waals surface area contributed by atoms with Crippen LogP contribution in [0.25, 0.3) is 0 Å². The lowest BCUT2D eigenvalue weighted by Gasteiger charge is -2.34. The number of fused-ring (bicyclic) bond motifs is 1. The number of rotatable bonds is 6. The molecule has 2 unspecified atom stereocenters. The predicted molar refractivity (Wildman–Crippen MR) is 107 cm³/mol. The third-order valence-corrected chi connectivity index (χ3v) is 4.36. The monoisotopic (exact) mass is 401 g/mol. The summed E-state index contributed by atoms with van der Waals surface area (Å²) < 4.78 is 0. The molecule has 0 spiro atoms. The number of hydrogen-bond donors (Lipinski definition) is 4. The van der Waals surface area contributed by atoms with Crippen LogP contribution in [-0.2, 0) is 9.59 Å². The highest BCUT2D eigenvalue weighted by molar-refractivity contribution is 6.07. The molecule has 2 aliphatic rings. The van der Waals surface area contributed by atoms with Crippen molar-refractivity contribution in [3.05, 3.63) is 30.3 Å². The number of nitrogens with one attached hydrogen (secondary N) is 4. The quantitative estimate of drug-likeness (QED) is 0.540. The van der Waals surface area contributed by atoms with Crippen LogP contribution >= 0.6 is 24.8 Å². The van der Waals surface area contributed by atoms with Crippen molar-refractivity contribution in [3.63, 3.8) is 0 Å². The van der Waals surface area contributed by atoms with E-state index in [1.807, 2.05) is 30.3 Å². The topological polar surface area (TPSA) is 94.6 Å². The van der Waals surface area contributed by atoms with Crippen molar-refractivity contribution in [2.24, 2.45) is 11.0 Å². The number of hydrogen-bond acceptors (Lipinski definition) is 5. The van der Waals surface area contributed by atoms with E-state index in [0.29, 0.717) is 18.8 Å². The Hall–Kier alpha value is -1.83. The standard InChI is InChI=1S/C17H23N5O2.2ClH/c23-15(19-10-9-18-12-5-2-1-3-6-12)11-14-16-13(7-4-8-20-16)17(24)22-21-14;;/h1-3,5-6,13,16,18,20H,4,7-11H2,(H,19,23)(H,22,24);2*1H. The average Bonchev–Trinajstić information content (AvgIpc) is 2.62. The number of piperidine rings is 1. The number of benzene rings is 1. The molecule has 4 N–H and O–H groups in total. The van der Waals surface area contributed by atoms with Gasteiger partial charge in [-0.05, 0) is 31.5 Å². The lowest BCUT2D eigenvalue weighted by atomic mass is 9.85. The maximum Gasteiger partial charge on any atom is 0.245 e. The molecule has 1 fully saturated rings. The second-order valence-corrected chi connectivity index (χ2v) is 6.08. The van der Waals surface area contributed by atoms with Crippen LogP contribution in [0.5, 0.6) is 0 Å². The van der Waals surface area contributed by atoms with Crippen molar-refractivity contribution < 1.29 is 9.59 Å². The number of amides is 2. The Balaban J connectivity index is 0.00000169. The minimum absolute atomic E-state index is 0. The first-order valence-electron chi connectivity index (χ1n) is 8.39. The number of anilines is 1. The molecule has 2 atom stereocenters. The number of nitrogens with zero attached hydrogens (tertiary/aromatic N) is 1. The molecule has 0 aliphatic carbocycles. The lowest BCUT2D eigenvalue weighted by Crippen LogP contribution is -2.56. The molecule has 9 heteroatoms. The van der Waals surface area contributed by atoms with E-state index in [4.69, 9.17) is 0 Å². The van der Waals surface area contributed by atoms with Gasteiger partial charge in [0.25, 0.3) is 0 Å². The molecule has 144 valence electrons. The fourth-order valence-corrected chi connectivity index (χ4v) is 3.14. The summed E-state index contributed by atoms with van der Waals surface area (Å²) in [6, 6.07) is 9.74. The normalized spacial score (nSPS) is 21.1. The molecule has 0 aromatic heterocycles. The number of halogens is 2. The highest BCUT2D eigenvalue weighted by Gasteiger charge is 2.37. The maximum absolute atomic E-state index is 12.1. The Labute approximate surface area is 165 Å². The zero-order valence-corrected chi connectivity index (χ0v) is 16.0. The highest BCUT2D eigenvalue weighted by atomic mass is 35.5. The molecular weight excluding hydrogens is 377 g/mol. The third kappa shape index (κ3) is 5.86. The van der Waals surface area contributed by atoms with E-state index >= 15 is 0 Å². The van der Waals surface area contributed by atoms with Crippen molar-refractivity contribution in [3.8, 4) is 0 Å². The Morgan fingerprint density at radius 3 is 2.73 bits per heavy atom. The Bertz CT molecular complexity index is 627. The van der Waals surface area contributed by atoms with Crippen LogP contribution in [0.1, 0.15) is 19.3 Å².